The smallest absolute Gasteiger partial charge is 0.465 e. The van der Waals surface area contributed by atoms with Crippen molar-refractivity contribution in [3.05, 3.63) is 27.5 Å². The van der Waals surface area contributed by atoms with Gasteiger partial charge in [0.05, 0.1) is 12.7 Å². The minimum absolute atomic E-state index is 0.293. The van der Waals surface area contributed by atoms with E-state index in [1.165, 1.54) is 0 Å². The zero-order valence-electron chi connectivity index (χ0n) is 9.13. The van der Waals surface area contributed by atoms with E-state index in [1.54, 1.807) is 0 Å². The van der Waals surface area contributed by atoms with Crippen LogP contribution in [0.1, 0.15) is 15.9 Å². The number of ether oxygens (including phenoxy) is 2. The molecule has 1 aromatic heterocycles. The third-order valence-corrected chi connectivity index (χ3v) is 1.94. The maximum absolute atomic E-state index is 12.1. The lowest BCUT2D eigenvalue weighted by Gasteiger charge is -2.13. The van der Waals surface area contributed by atoms with Gasteiger partial charge in [0.1, 0.15) is 0 Å². The van der Waals surface area contributed by atoms with Gasteiger partial charge in [-0.1, -0.05) is 0 Å². The van der Waals surface area contributed by atoms with E-state index in [2.05, 4.69) is 9.47 Å². The highest BCUT2D eigenvalue weighted by Crippen LogP contribution is 2.25. The SMILES string of the molecule is COC(=O)c1cc(=O)[nH]c(OC(F)(F)F)c1CN. The summed E-state index contributed by atoms with van der Waals surface area (Å²) in [5, 5.41) is 0. The average Bonchev–Trinajstić information content (AvgIpc) is 2.25. The molecule has 18 heavy (non-hydrogen) atoms. The van der Waals surface area contributed by atoms with Crippen LogP contribution in [0, 0.1) is 0 Å². The summed E-state index contributed by atoms with van der Waals surface area (Å²) in [5.74, 6) is -1.90. The normalized spacial score (nSPS) is 11.2. The zero-order chi connectivity index (χ0) is 13.9. The van der Waals surface area contributed by atoms with E-state index in [-0.39, 0.29) is 11.1 Å². The molecule has 0 aliphatic rings. The lowest BCUT2D eigenvalue weighted by atomic mass is 10.1. The maximum Gasteiger partial charge on any atom is 0.574 e. The van der Waals surface area contributed by atoms with Crippen molar-refractivity contribution in [1.29, 1.82) is 0 Å². The van der Waals surface area contributed by atoms with Crippen molar-refractivity contribution < 1.29 is 27.4 Å². The number of nitrogens with two attached hydrogens (primary N) is 1. The van der Waals surface area contributed by atoms with Crippen molar-refractivity contribution in [1.82, 2.24) is 4.98 Å². The van der Waals surface area contributed by atoms with Gasteiger partial charge in [0, 0.05) is 18.2 Å². The Labute approximate surface area is 98.5 Å². The highest BCUT2D eigenvalue weighted by Gasteiger charge is 2.33. The standard InChI is InChI=1S/C9H9F3N2O4/c1-17-8(16)4-2-6(15)14-7(5(4)3-13)18-9(10,11)12/h2H,3,13H2,1H3,(H,14,15). The fourth-order valence-corrected chi connectivity index (χ4v) is 1.26. The fourth-order valence-electron chi connectivity index (χ4n) is 1.26. The molecule has 0 aliphatic carbocycles. The molecule has 0 unspecified atom stereocenters. The number of H-pyrrole nitrogens is 1. The molecule has 1 rings (SSSR count). The van der Waals surface area contributed by atoms with Crippen LogP contribution in [0.25, 0.3) is 0 Å². The molecule has 3 N–H and O–H groups in total. The number of hydrogen-bond acceptors (Lipinski definition) is 5. The summed E-state index contributed by atoms with van der Waals surface area (Å²) >= 11 is 0. The van der Waals surface area contributed by atoms with Crippen molar-refractivity contribution in [3.8, 4) is 5.88 Å². The molecule has 1 heterocycles. The Morgan fingerprint density at radius 1 is 1.50 bits per heavy atom. The zero-order valence-corrected chi connectivity index (χ0v) is 9.13. The van der Waals surface area contributed by atoms with Crippen molar-refractivity contribution in [2.75, 3.05) is 7.11 Å². The third-order valence-electron chi connectivity index (χ3n) is 1.94. The number of methoxy groups -OCH3 is 1. The predicted octanol–water partition coefficient (Wildman–Crippen LogP) is 0.519. The van der Waals surface area contributed by atoms with Gasteiger partial charge in [-0.2, -0.15) is 0 Å². The third kappa shape index (κ3) is 3.23. The molecule has 0 saturated heterocycles. The Morgan fingerprint density at radius 3 is 2.56 bits per heavy atom. The van der Waals surface area contributed by atoms with E-state index in [0.717, 1.165) is 13.2 Å². The van der Waals surface area contributed by atoms with Crippen molar-refractivity contribution in [2.24, 2.45) is 5.73 Å². The van der Waals surface area contributed by atoms with Gasteiger partial charge in [-0.3, -0.25) is 9.78 Å². The molecule has 0 aromatic carbocycles. The Morgan fingerprint density at radius 2 is 2.11 bits per heavy atom. The molecule has 9 heteroatoms. The molecule has 0 bridgehead atoms. The molecule has 0 amide bonds. The number of hydrogen-bond donors (Lipinski definition) is 2. The first kappa shape index (κ1) is 14.0. The lowest BCUT2D eigenvalue weighted by molar-refractivity contribution is -0.276. The second kappa shape index (κ2) is 5.08. The molecule has 0 aliphatic heterocycles. The molecular weight excluding hydrogens is 257 g/mol. The molecule has 100 valence electrons. The first-order chi connectivity index (χ1) is 8.28. The number of esters is 1. The molecule has 0 radical (unpaired) electrons. The number of halogens is 3. The second-order valence-corrected chi connectivity index (χ2v) is 3.10. The molecule has 0 atom stereocenters. The van der Waals surface area contributed by atoms with Crippen molar-refractivity contribution in [2.45, 2.75) is 12.9 Å². The molecule has 0 fully saturated rings. The van der Waals surface area contributed by atoms with Crippen LogP contribution in [-0.4, -0.2) is 24.4 Å². The molecule has 0 saturated carbocycles. The number of aromatic amines is 1. The van der Waals surface area contributed by atoms with Gasteiger partial charge >= 0.3 is 12.3 Å². The van der Waals surface area contributed by atoms with Gasteiger partial charge in [-0.05, 0) is 0 Å². The number of carbonyl (C=O) groups is 1. The Balaban J connectivity index is 3.38. The van der Waals surface area contributed by atoms with E-state index in [9.17, 15) is 22.8 Å². The van der Waals surface area contributed by atoms with Gasteiger partial charge < -0.3 is 15.2 Å². The van der Waals surface area contributed by atoms with Crippen LogP contribution in [0.3, 0.4) is 0 Å². The highest BCUT2D eigenvalue weighted by molar-refractivity contribution is 5.91. The molecule has 0 spiro atoms. The van der Waals surface area contributed by atoms with E-state index >= 15 is 0 Å². The van der Waals surface area contributed by atoms with Crippen molar-refractivity contribution in [3.63, 3.8) is 0 Å². The first-order valence-electron chi connectivity index (χ1n) is 4.58. The lowest BCUT2D eigenvalue weighted by Crippen LogP contribution is -2.24. The van der Waals surface area contributed by atoms with Gasteiger partial charge in [-0.25, -0.2) is 4.79 Å². The maximum atomic E-state index is 12.1. The van der Waals surface area contributed by atoms with Gasteiger partial charge in [0.25, 0.3) is 5.56 Å². The highest BCUT2D eigenvalue weighted by atomic mass is 19.4. The van der Waals surface area contributed by atoms with E-state index < -0.39 is 30.3 Å². The molecular formula is C9H9F3N2O4. The largest absolute Gasteiger partial charge is 0.574 e. The van der Waals surface area contributed by atoms with Gasteiger partial charge in [-0.15, -0.1) is 13.2 Å². The Bertz CT molecular complexity index is 510. The fraction of sp³-hybridized carbons (Fsp3) is 0.333. The van der Waals surface area contributed by atoms with Crippen LogP contribution < -0.4 is 16.0 Å². The topological polar surface area (TPSA) is 94.4 Å². The molecule has 6 nitrogen and oxygen atoms in total. The summed E-state index contributed by atoms with van der Waals surface area (Å²) < 4.78 is 44.2. The Kier molecular flexibility index (Phi) is 3.96. The van der Waals surface area contributed by atoms with Crippen LogP contribution in [0.5, 0.6) is 5.88 Å². The van der Waals surface area contributed by atoms with Crippen LogP contribution in [-0.2, 0) is 11.3 Å². The number of carbonyl (C=O) groups excluding carboxylic acids is 1. The minimum Gasteiger partial charge on any atom is -0.465 e. The van der Waals surface area contributed by atoms with E-state index in [0.29, 0.717) is 0 Å². The minimum atomic E-state index is -5.01. The van der Waals surface area contributed by atoms with Gasteiger partial charge in [0.2, 0.25) is 5.88 Å². The summed E-state index contributed by atoms with van der Waals surface area (Å²) in [5.41, 5.74) is 3.63. The van der Waals surface area contributed by atoms with Crippen LogP contribution in [0.15, 0.2) is 10.9 Å². The number of aromatic nitrogens is 1. The summed E-state index contributed by atoms with van der Waals surface area (Å²) in [6.07, 6.45) is -5.01. The monoisotopic (exact) mass is 266 g/mol. The average molecular weight is 266 g/mol. The quantitative estimate of drug-likeness (QED) is 0.778. The Hall–Kier alpha value is -2.03. The van der Waals surface area contributed by atoms with Crippen LogP contribution >= 0.6 is 0 Å². The van der Waals surface area contributed by atoms with Crippen molar-refractivity contribution >= 4 is 5.97 Å². The van der Waals surface area contributed by atoms with E-state index in [4.69, 9.17) is 5.73 Å². The van der Waals surface area contributed by atoms with Gasteiger partial charge in [0.15, 0.2) is 0 Å². The summed E-state index contributed by atoms with van der Waals surface area (Å²) in [6, 6.07) is 0.789. The molecule has 1 aromatic rings. The second-order valence-electron chi connectivity index (χ2n) is 3.10. The number of alkyl halides is 3. The summed E-state index contributed by atoms with van der Waals surface area (Å²) in [6.45, 7) is -0.438. The predicted molar refractivity (Wildman–Crippen MR) is 53.0 cm³/mol. The number of rotatable bonds is 3. The number of pyridine rings is 1. The van der Waals surface area contributed by atoms with Crippen LogP contribution in [0.2, 0.25) is 0 Å². The number of nitrogens with one attached hydrogen (secondary N) is 1. The summed E-state index contributed by atoms with van der Waals surface area (Å²) in [7, 11) is 1.02. The van der Waals surface area contributed by atoms with E-state index in [1.807, 2.05) is 4.98 Å². The summed E-state index contributed by atoms with van der Waals surface area (Å²) in [4.78, 5) is 24.2. The van der Waals surface area contributed by atoms with Crippen LogP contribution in [0.4, 0.5) is 13.2 Å². The first-order valence-corrected chi connectivity index (χ1v) is 4.58.